The molecule has 5 atom stereocenters. The zero-order valence-electron chi connectivity index (χ0n) is 11.5. The third-order valence-corrected chi connectivity index (χ3v) is 5.66. The van der Waals surface area contributed by atoms with Gasteiger partial charge in [0, 0.05) is 5.92 Å². The molecule has 2 bridgehead atoms. The van der Waals surface area contributed by atoms with Crippen LogP contribution >= 0.6 is 0 Å². The Labute approximate surface area is 118 Å². The third-order valence-electron chi connectivity index (χ3n) is 5.66. The molecular weight excluding hydrogens is 256 g/mol. The molecule has 3 saturated carbocycles. The lowest BCUT2D eigenvalue weighted by Crippen LogP contribution is -2.36. The second-order valence-corrected chi connectivity index (χ2v) is 6.69. The third kappa shape index (κ3) is 1.60. The summed E-state index contributed by atoms with van der Waals surface area (Å²) >= 11 is 0. The molecule has 20 heavy (non-hydrogen) atoms. The molecule has 108 valence electrons. The van der Waals surface area contributed by atoms with Crippen LogP contribution in [0.2, 0.25) is 0 Å². The van der Waals surface area contributed by atoms with Gasteiger partial charge in [-0.1, -0.05) is 13.0 Å². The van der Waals surface area contributed by atoms with Crippen molar-refractivity contribution in [1.29, 1.82) is 0 Å². The average molecular weight is 276 g/mol. The Morgan fingerprint density at radius 1 is 1.25 bits per heavy atom. The molecule has 1 aliphatic heterocycles. The normalized spacial score (nSPS) is 42.9. The predicted octanol–water partition coefficient (Wildman–Crippen LogP) is 2.23. The number of carbonyl (C=O) groups is 2. The number of hydrogen-bond donors (Lipinski definition) is 0. The van der Waals surface area contributed by atoms with Crippen LogP contribution in [0.25, 0.3) is 0 Å². The number of ether oxygens (including phenoxy) is 2. The number of hydrogen-bond acceptors (Lipinski definition) is 4. The van der Waals surface area contributed by atoms with Crippen LogP contribution in [0.4, 0.5) is 0 Å². The summed E-state index contributed by atoms with van der Waals surface area (Å²) in [6.07, 6.45) is 6.22. The van der Waals surface area contributed by atoms with Crippen molar-refractivity contribution in [2.45, 2.75) is 50.7 Å². The first-order valence-electron chi connectivity index (χ1n) is 7.76. The van der Waals surface area contributed by atoms with Gasteiger partial charge in [0.15, 0.2) is 0 Å². The van der Waals surface area contributed by atoms with Crippen molar-refractivity contribution >= 4 is 11.9 Å². The maximum absolute atomic E-state index is 12.5. The lowest BCUT2D eigenvalue weighted by Gasteiger charge is -2.28. The van der Waals surface area contributed by atoms with Crippen molar-refractivity contribution < 1.29 is 19.1 Å². The van der Waals surface area contributed by atoms with Gasteiger partial charge in [-0.05, 0) is 43.6 Å². The summed E-state index contributed by atoms with van der Waals surface area (Å²) in [6.45, 7) is 4.04. The van der Waals surface area contributed by atoms with E-state index in [2.05, 4.69) is 6.58 Å². The Bertz CT molecular complexity index is 477. The zero-order valence-corrected chi connectivity index (χ0v) is 11.5. The van der Waals surface area contributed by atoms with E-state index in [1.165, 1.54) is 6.42 Å². The second-order valence-electron chi connectivity index (χ2n) is 6.69. The molecule has 0 aromatic heterocycles. The molecule has 0 aromatic rings. The molecule has 4 rings (SSSR count). The van der Waals surface area contributed by atoms with E-state index < -0.39 is 0 Å². The van der Waals surface area contributed by atoms with Crippen LogP contribution in [-0.4, -0.2) is 24.1 Å². The first kappa shape index (κ1) is 12.4. The molecule has 1 heterocycles. The van der Waals surface area contributed by atoms with Gasteiger partial charge in [-0.25, -0.2) is 0 Å². The summed E-state index contributed by atoms with van der Waals surface area (Å²) in [6, 6.07) is 0. The second kappa shape index (κ2) is 4.34. The summed E-state index contributed by atoms with van der Waals surface area (Å²) in [5.41, 5.74) is 0.933. The molecule has 1 saturated heterocycles. The average Bonchev–Trinajstić information content (AvgIpc) is 3.04. The molecule has 5 unspecified atom stereocenters. The van der Waals surface area contributed by atoms with Gasteiger partial charge in [-0.3, -0.25) is 9.59 Å². The van der Waals surface area contributed by atoms with Crippen molar-refractivity contribution in [3.8, 4) is 0 Å². The predicted molar refractivity (Wildman–Crippen MR) is 70.6 cm³/mol. The van der Waals surface area contributed by atoms with Crippen LogP contribution in [0.3, 0.4) is 0 Å². The summed E-state index contributed by atoms with van der Waals surface area (Å²) in [4.78, 5) is 24.5. The Morgan fingerprint density at radius 2 is 2.00 bits per heavy atom. The SMILES string of the molecule is C=C1C2CC3C1OC(=O)C3C2C(=O)OC1CCCCC1. The highest BCUT2D eigenvalue weighted by molar-refractivity contribution is 5.87. The van der Waals surface area contributed by atoms with Gasteiger partial charge in [-0.15, -0.1) is 0 Å². The summed E-state index contributed by atoms with van der Waals surface area (Å²) in [5, 5.41) is 0. The summed E-state index contributed by atoms with van der Waals surface area (Å²) in [7, 11) is 0. The molecule has 0 radical (unpaired) electrons. The van der Waals surface area contributed by atoms with Gasteiger partial charge >= 0.3 is 11.9 Å². The smallest absolute Gasteiger partial charge is 0.310 e. The molecule has 0 spiro atoms. The number of carbonyl (C=O) groups excluding carboxylic acids is 2. The quantitative estimate of drug-likeness (QED) is 0.573. The fourth-order valence-corrected chi connectivity index (χ4v) is 4.71. The van der Waals surface area contributed by atoms with Gasteiger partial charge in [0.1, 0.15) is 12.2 Å². The van der Waals surface area contributed by atoms with Crippen LogP contribution in [-0.2, 0) is 19.1 Å². The van der Waals surface area contributed by atoms with Gasteiger partial charge in [0.05, 0.1) is 11.8 Å². The molecule has 4 fully saturated rings. The van der Waals surface area contributed by atoms with E-state index in [0.717, 1.165) is 37.7 Å². The van der Waals surface area contributed by atoms with E-state index in [1.54, 1.807) is 0 Å². The minimum absolute atomic E-state index is 0.0527. The lowest BCUT2D eigenvalue weighted by molar-refractivity contribution is -0.161. The number of fused-ring (bicyclic) bond motifs is 1. The van der Waals surface area contributed by atoms with E-state index in [4.69, 9.17) is 9.47 Å². The van der Waals surface area contributed by atoms with E-state index in [-0.39, 0.29) is 47.8 Å². The molecule has 4 nitrogen and oxygen atoms in total. The van der Waals surface area contributed by atoms with Crippen LogP contribution < -0.4 is 0 Å². The van der Waals surface area contributed by atoms with Crippen molar-refractivity contribution in [2.75, 3.05) is 0 Å². The fraction of sp³-hybridized carbons (Fsp3) is 0.750. The van der Waals surface area contributed by atoms with Gasteiger partial charge in [0.2, 0.25) is 0 Å². The van der Waals surface area contributed by atoms with E-state index in [0.29, 0.717) is 0 Å². The lowest BCUT2D eigenvalue weighted by atomic mass is 9.78. The van der Waals surface area contributed by atoms with E-state index in [1.807, 2.05) is 0 Å². The minimum Gasteiger partial charge on any atom is -0.462 e. The molecule has 4 aliphatic rings. The highest BCUT2D eigenvalue weighted by Gasteiger charge is 2.66. The largest absolute Gasteiger partial charge is 0.462 e. The maximum Gasteiger partial charge on any atom is 0.310 e. The van der Waals surface area contributed by atoms with Crippen molar-refractivity contribution in [3.63, 3.8) is 0 Å². The number of rotatable bonds is 2. The van der Waals surface area contributed by atoms with Crippen molar-refractivity contribution in [2.24, 2.45) is 23.7 Å². The highest BCUT2D eigenvalue weighted by atomic mass is 16.6. The van der Waals surface area contributed by atoms with Crippen LogP contribution in [0.5, 0.6) is 0 Å². The first-order valence-corrected chi connectivity index (χ1v) is 7.76. The Kier molecular flexibility index (Phi) is 2.69. The molecule has 3 aliphatic carbocycles. The topological polar surface area (TPSA) is 52.6 Å². The molecule has 0 N–H and O–H groups in total. The highest BCUT2D eigenvalue weighted by Crippen LogP contribution is 2.60. The standard InChI is InChI=1S/C16H20O4/c1-8-10-7-11-13(16(18)20-14(8)11)12(10)15(17)19-9-5-3-2-4-6-9/h9-14H,1-7H2. The molecule has 4 heteroatoms. The van der Waals surface area contributed by atoms with Gasteiger partial charge in [0.25, 0.3) is 0 Å². The maximum atomic E-state index is 12.5. The monoisotopic (exact) mass is 276 g/mol. The van der Waals surface area contributed by atoms with Crippen LogP contribution in [0.15, 0.2) is 12.2 Å². The zero-order chi connectivity index (χ0) is 13.9. The molecular formula is C16H20O4. The van der Waals surface area contributed by atoms with E-state index in [9.17, 15) is 9.59 Å². The minimum atomic E-state index is -0.333. The van der Waals surface area contributed by atoms with Crippen molar-refractivity contribution in [1.82, 2.24) is 0 Å². The molecule has 0 aromatic carbocycles. The fourth-order valence-electron chi connectivity index (χ4n) is 4.71. The van der Waals surface area contributed by atoms with Gasteiger partial charge in [-0.2, -0.15) is 0 Å². The molecule has 0 amide bonds. The Hall–Kier alpha value is -1.32. The van der Waals surface area contributed by atoms with Crippen LogP contribution in [0, 0.1) is 23.7 Å². The first-order chi connectivity index (χ1) is 9.66. The van der Waals surface area contributed by atoms with Gasteiger partial charge < -0.3 is 9.47 Å². The number of esters is 2. The summed E-state index contributed by atoms with van der Waals surface area (Å²) < 4.78 is 11.1. The summed E-state index contributed by atoms with van der Waals surface area (Å²) in [5.74, 6) is -0.742. The van der Waals surface area contributed by atoms with Crippen molar-refractivity contribution in [3.05, 3.63) is 12.2 Å². The van der Waals surface area contributed by atoms with E-state index >= 15 is 0 Å². The Balaban J connectivity index is 1.52. The Morgan fingerprint density at radius 3 is 2.75 bits per heavy atom. The van der Waals surface area contributed by atoms with Crippen LogP contribution in [0.1, 0.15) is 38.5 Å².